The maximum absolute atomic E-state index is 13.6. The molecule has 0 saturated carbocycles. The van der Waals surface area contributed by atoms with E-state index in [4.69, 9.17) is 28.5 Å². The molecule has 0 aliphatic carbocycles. The SMILES string of the molecule is CC(=O)N[C@H]1[C@@H](O/N=C2\C(=O)N(CCOc3ccc(C)cc3)c3ccccc32)O[C@@H](COC(C)=O)[C@@H](OC(C)=O)[C@H]1OC(C)=O. The van der Waals surface area contributed by atoms with Crippen molar-refractivity contribution in [3.8, 4) is 5.75 Å². The van der Waals surface area contributed by atoms with Crippen LogP contribution in [0.2, 0.25) is 0 Å². The van der Waals surface area contributed by atoms with Gasteiger partial charge < -0.3 is 38.7 Å². The first-order valence-electron chi connectivity index (χ1n) is 14.2. The lowest BCUT2D eigenvalue weighted by Gasteiger charge is -2.43. The third-order valence-corrected chi connectivity index (χ3v) is 6.82. The summed E-state index contributed by atoms with van der Waals surface area (Å²) < 4.78 is 27.8. The van der Waals surface area contributed by atoms with Crippen LogP contribution in [0.1, 0.15) is 38.8 Å². The number of anilines is 1. The lowest BCUT2D eigenvalue weighted by atomic mass is 9.96. The van der Waals surface area contributed by atoms with Crippen molar-refractivity contribution < 1.29 is 52.5 Å². The molecule has 0 radical (unpaired) electrons. The van der Waals surface area contributed by atoms with Crippen LogP contribution in [0.3, 0.4) is 0 Å². The predicted molar refractivity (Wildman–Crippen MR) is 157 cm³/mol. The third kappa shape index (κ3) is 8.35. The van der Waals surface area contributed by atoms with E-state index < -0.39 is 67.0 Å². The minimum atomic E-state index is -1.48. The summed E-state index contributed by atoms with van der Waals surface area (Å²) in [5.74, 6) is -2.51. The number of hydrogen-bond acceptors (Lipinski definition) is 12. The second-order valence-corrected chi connectivity index (χ2v) is 10.4. The molecule has 0 unspecified atom stereocenters. The van der Waals surface area contributed by atoms with E-state index in [9.17, 15) is 24.0 Å². The lowest BCUT2D eigenvalue weighted by molar-refractivity contribution is -0.278. The zero-order chi connectivity index (χ0) is 32.7. The first kappa shape index (κ1) is 32.9. The molecule has 45 heavy (non-hydrogen) atoms. The summed E-state index contributed by atoms with van der Waals surface area (Å²) in [7, 11) is 0. The number of oxime groups is 1. The summed E-state index contributed by atoms with van der Waals surface area (Å²) in [6, 6.07) is 13.3. The van der Waals surface area contributed by atoms with Gasteiger partial charge in [-0.05, 0) is 25.1 Å². The monoisotopic (exact) mass is 625 g/mol. The topological polar surface area (TPSA) is 168 Å². The van der Waals surface area contributed by atoms with Crippen LogP contribution >= 0.6 is 0 Å². The number of carbonyl (C=O) groups is 5. The van der Waals surface area contributed by atoms with Gasteiger partial charge in [-0.1, -0.05) is 41.1 Å². The fraction of sp³-hybridized carbons (Fsp3) is 0.419. The maximum Gasteiger partial charge on any atom is 0.303 e. The van der Waals surface area contributed by atoms with Crippen molar-refractivity contribution in [1.82, 2.24) is 5.32 Å². The number of benzene rings is 2. The minimum Gasteiger partial charge on any atom is -0.492 e. The Morgan fingerprint density at radius 1 is 0.911 bits per heavy atom. The number of carbonyl (C=O) groups excluding carboxylic acids is 5. The third-order valence-electron chi connectivity index (χ3n) is 6.82. The molecule has 14 heteroatoms. The van der Waals surface area contributed by atoms with Gasteiger partial charge >= 0.3 is 17.9 Å². The van der Waals surface area contributed by atoms with Crippen LogP contribution in [-0.4, -0.2) is 85.8 Å². The maximum atomic E-state index is 13.6. The second kappa shape index (κ2) is 14.7. The average molecular weight is 626 g/mol. The Kier molecular flexibility index (Phi) is 10.7. The van der Waals surface area contributed by atoms with Crippen LogP contribution in [-0.2, 0) is 47.8 Å². The molecular weight excluding hydrogens is 590 g/mol. The zero-order valence-electron chi connectivity index (χ0n) is 25.5. The number of amides is 2. The molecule has 4 rings (SSSR count). The summed E-state index contributed by atoms with van der Waals surface area (Å²) in [4.78, 5) is 68.7. The Hall–Kier alpha value is -4.98. The number of fused-ring (bicyclic) bond motifs is 1. The average Bonchev–Trinajstić information content (AvgIpc) is 3.24. The van der Waals surface area contributed by atoms with Crippen LogP contribution in [0.4, 0.5) is 5.69 Å². The van der Waals surface area contributed by atoms with Gasteiger partial charge in [0.2, 0.25) is 5.91 Å². The highest BCUT2D eigenvalue weighted by Gasteiger charge is 2.52. The van der Waals surface area contributed by atoms with E-state index in [-0.39, 0.29) is 18.9 Å². The van der Waals surface area contributed by atoms with Crippen molar-refractivity contribution in [2.75, 3.05) is 24.7 Å². The molecule has 2 aromatic carbocycles. The number of ether oxygens (including phenoxy) is 5. The van der Waals surface area contributed by atoms with Crippen molar-refractivity contribution in [1.29, 1.82) is 0 Å². The Morgan fingerprint density at radius 3 is 2.22 bits per heavy atom. The highest BCUT2D eigenvalue weighted by molar-refractivity contribution is 6.54. The molecule has 1 fully saturated rings. The fourth-order valence-corrected chi connectivity index (χ4v) is 4.95. The Morgan fingerprint density at radius 2 is 1.58 bits per heavy atom. The molecule has 1 N–H and O–H groups in total. The van der Waals surface area contributed by atoms with E-state index in [2.05, 4.69) is 10.5 Å². The van der Waals surface area contributed by atoms with Crippen LogP contribution in [0, 0.1) is 6.92 Å². The van der Waals surface area contributed by atoms with E-state index in [1.807, 2.05) is 31.2 Å². The molecule has 240 valence electrons. The molecule has 0 bridgehead atoms. The highest BCUT2D eigenvalue weighted by Crippen LogP contribution is 2.31. The largest absolute Gasteiger partial charge is 0.492 e. The first-order valence-corrected chi connectivity index (χ1v) is 14.2. The molecule has 1 saturated heterocycles. The van der Waals surface area contributed by atoms with Gasteiger partial charge in [0.05, 0.1) is 12.2 Å². The number of esters is 3. The van der Waals surface area contributed by atoms with Gasteiger partial charge in [-0.25, -0.2) is 0 Å². The van der Waals surface area contributed by atoms with Crippen LogP contribution in [0.25, 0.3) is 0 Å². The molecule has 14 nitrogen and oxygen atoms in total. The van der Waals surface area contributed by atoms with Gasteiger partial charge in [0.1, 0.15) is 31.1 Å². The van der Waals surface area contributed by atoms with Crippen LogP contribution in [0.5, 0.6) is 5.75 Å². The molecule has 0 aromatic heterocycles. The second-order valence-electron chi connectivity index (χ2n) is 10.4. The number of nitrogens with one attached hydrogen (secondary N) is 1. The van der Waals surface area contributed by atoms with E-state index in [1.54, 1.807) is 24.3 Å². The minimum absolute atomic E-state index is 0.0474. The lowest BCUT2D eigenvalue weighted by Crippen LogP contribution is -2.66. The predicted octanol–water partition coefficient (Wildman–Crippen LogP) is 1.80. The summed E-state index contributed by atoms with van der Waals surface area (Å²) in [6.07, 6.45) is -5.30. The number of rotatable bonds is 11. The molecule has 2 amide bonds. The summed E-state index contributed by atoms with van der Waals surface area (Å²) >= 11 is 0. The van der Waals surface area contributed by atoms with Gasteiger partial charge in [-0.3, -0.25) is 24.0 Å². The van der Waals surface area contributed by atoms with Gasteiger partial charge in [-0.2, -0.15) is 0 Å². The number of aryl methyl sites for hydroxylation is 1. The van der Waals surface area contributed by atoms with Crippen LogP contribution < -0.4 is 15.0 Å². The Balaban J connectivity index is 1.61. The van der Waals surface area contributed by atoms with Gasteiger partial charge in [0.15, 0.2) is 17.9 Å². The van der Waals surface area contributed by atoms with Gasteiger partial charge in [0.25, 0.3) is 12.2 Å². The first-order chi connectivity index (χ1) is 21.4. The molecule has 2 heterocycles. The Labute approximate surface area is 259 Å². The van der Waals surface area contributed by atoms with Crippen molar-refractivity contribution >= 4 is 41.1 Å². The standard InChI is InChI=1S/C31H35N3O11/c1-17-10-12-22(13-11-17)40-15-14-34-24-9-7-6-8-23(24)26(30(34)39)33-45-31-27(32-18(2)35)29(43-21(5)38)28(42-20(4)37)25(44-31)16-41-19(3)36/h6-13,25,27-29,31H,14-16H2,1-5H3,(H,32,35)/b33-26-/t25-,27+,28+,29-,31+/m0/s1. The fourth-order valence-electron chi connectivity index (χ4n) is 4.95. The molecule has 2 aromatic rings. The Bertz CT molecular complexity index is 1460. The van der Waals surface area contributed by atoms with E-state index >= 15 is 0 Å². The van der Waals surface area contributed by atoms with Crippen molar-refractivity contribution in [2.24, 2.45) is 5.16 Å². The summed E-state index contributed by atoms with van der Waals surface area (Å²) in [5.41, 5.74) is 2.11. The van der Waals surface area contributed by atoms with Crippen molar-refractivity contribution in [2.45, 2.75) is 65.3 Å². The van der Waals surface area contributed by atoms with Crippen LogP contribution in [0.15, 0.2) is 53.7 Å². The molecule has 5 atom stereocenters. The summed E-state index contributed by atoms with van der Waals surface area (Å²) in [6.45, 7) is 6.63. The van der Waals surface area contributed by atoms with E-state index in [1.165, 1.54) is 18.7 Å². The highest BCUT2D eigenvalue weighted by atomic mass is 16.8. The van der Waals surface area contributed by atoms with Gasteiger partial charge in [-0.15, -0.1) is 0 Å². The molecule has 2 aliphatic rings. The molecular formula is C31H35N3O11. The number of nitrogens with zero attached hydrogens (tertiary/aromatic N) is 2. The quantitative estimate of drug-likeness (QED) is 0.220. The number of para-hydroxylation sites is 1. The normalized spacial score (nSPS) is 23.1. The van der Waals surface area contributed by atoms with Gasteiger partial charge in [0, 0.05) is 33.3 Å². The smallest absolute Gasteiger partial charge is 0.303 e. The zero-order valence-corrected chi connectivity index (χ0v) is 25.5. The van der Waals surface area contributed by atoms with E-state index in [0.29, 0.717) is 17.0 Å². The van der Waals surface area contributed by atoms with Crippen molar-refractivity contribution in [3.05, 3.63) is 59.7 Å². The van der Waals surface area contributed by atoms with E-state index in [0.717, 1.165) is 19.4 Å². The summed E-state index contributed by atoms with van der Waals surface area (Å²) in [5, 5.41) is 6.73. The molecule has 0 spiro atoms. The number of hydrogen-bond donors (Lipinski definition) is 1. The molecule has 2 aliphatic heterocycles. The van der Waals surface area contributed by atoms with Crippen molar-refractivity contribution in [3.63, 3.8) is 0 Å².